The molecule has 1 aromatic heterocycles. The van der Waals surface area contributed by atoms with Gasteiger partial charge in [-0.3, -0.25) is 4.90 Å². The number of alkyl halides is 3. The van der Waals surface area contributed by atoms with E-state index in [9.17, 15) is 13.2 Å². The van der Waals surface area contributed by atoms with Gasteiger partial charge in [-0.1, -0.05) is 6.92 Å². The van der Waals surface area contributed by atoms with Crippen LogP contribution >= 0.6 is 11.3 Å². The number of nitrogens with one attached hydrogen (secondary N) is 2. The lowest BCUT2D eigenvalue weighted by molar-refractivity contribution is -0.143. The number of thiazole rings is 1. The summed E-state index contributed by atoms with van der Waals surface area (Å²) in [6.45, 7) is 5.32. The second-order valence-corrected chi connectivity index (χ2v) is 6.60. The van der Waals surface area contributed by atoms with E-state index in [1.807, 2.05) is 13.1 Å². The molecule has 0 unspecified atom stereocenters. The van der Waals surface area contributed by atoms with Crippen molar-refractivity contribution in [2.24, 2.45) is 4.99 Å². The Morgan fingerprint density at radius 1 is 1.33 bits per heavy atom. The molecule has 9 heteroatoms. The number of rotatable bonds is 9. The third kappa shape index (κ3) is 9.07. The van der Waals surface area contributed by atoms with Crippen LogP contribution in [-0.2, 0) is 13.0 Å². The van der Waals surface area contributed by atoms with Gasteiger partial charge >= 0.3 is 6.18 Å². The van der Waals surface area contributed by atoms with Crippen LogP contribution in [0.5, 0.6) is 0 Å². The third-order valence-electron chi connectivity index (χ3n) is 3.12. The minimum absolute atomic E-state index is 0.373. The van der Waals surface area contributed by atoms with Crippen molar-refractivity contribution in [1.29, 1.82) is 0 Å². The molecule has 0 aliphatic rings. The van der Waals surface area contributed by atoms with Crippen LogP contribution < -0.4 is 10.6 Å². The van der Waals surface area contributed by atoms with Crippen LogP contribution in [0.15, 0.2) is 11.2 Å². The molecular formula is C15H26F3N5S. The summed E-state index contributed by atoms with van der Waals surface area (Å²) < 4.78 is 36.7. The molecule has 0 bridgehead atoms. The van der Waals surface area contributed by atoms with Crippen LogP contribution in [0.1, 0.15) is 30.2 Å². The average molecular weight is 365 g/mol. The zero-order chi connectivity index (χ0) is 18.0. The van der Waals surface area contributed by atoms with Gasteiger partial charge in [0.2, 0.25) is 0 Å². The van der Waals surface area contributed by atoms with Crippen molar-refractivity contribution in [3.8, 4) is 0 Å². The van der Waals surface area contributed by atoms with E-state index in [0.29, 0.717) is 32.0 Å². The summed E-state index contributed by atoms with van der Waals surface area (Å²) in [4.78, 5) is 11.3. The summed E-state index contributed by atoms with van der Waals surface area (Å²) in [5.74, 6) is 0.657. The first-order valence-corrected chi connectivity index (χ1v) is 8.86. The van der Waals surface area contributed by atoms with Crippen LogP contribution in [0.2, 0.25) is 0 Å². The maximum absolute atomic E-state index is 12.2. The first-order chi connectivity index (χ1) is 11.3. The molecular weight excluding hydrogens is 339 g/mol. The normalized spacial score (nSPS) is 12.7. The highest BCUT2D eigenvalue weighted by Gasteiger charge is 2.28. The summed E-state index contributed by atoms with van der Waals surface area (Å²) in [5, 5.41) is 7.21. The van der Waals surface area contributed by atoms with Crippen molar-refractivity contribution in [3.63, 3.8) is 0 Å². The molecule has 138 valence electrons. The highest BCUT2D eigenvalue weighted by molar-refractivity contribution is 7.11. The summed E-state index contributed by atoms with van der Waals surface area (Å²) in [7, 11) is 1.47. The number of nitrogens with zero attached hydrogens (tertiary/aromatic N) is 3. The summed E-state index contributed by atoms with van der Waals surface area (Å²) in [6, 6.07) is 0. The molecule has 0 amide bonds. The van der Waals surface area contributed by atoms with Gasteiger partial charge in [-0.2, -0.15) is 13.2 Å². The fourth-order valence-corrected chi connectivity index (χ4v) is 2.80. The molecule has 24 heavy (non-hydrogen) atoms. The molecule has 2 N–H and O–H groups in total. The van der Waals surface area contributed by atoms with Crippen LogP contribution in [0.4, 0.5) is 13.2 Å². The smallest absolute Gasteiger partial charge is 0.357 e. The van der Waals surface area contributed by atoms with Crippen molar-refractivity contribution < 1.29 is 13.2 Å². The fraction of sp³-hybridized carbons (Fsp3) is 0.733. The molecule has 1 rings (SSSR count). The molecule has 5 nitrogen and oxygen atoms in total. The molecule has 0 aliphatic heterocycles. The minimum atomic E-state index is -4.15. The van der Waals surface area contributed by atoms with E-state index in [-0.39, 0.29) is 0 Å². The monoisotopic (exact) mass is 365 g/mol. The van der Waals surface area contributed by atoms with Gasteiger partial charge in [0, 0.05) is 24.2 Å². The molecule has 0 aliphatic carbocycles. The number of aryl methyl sites for hydroxylation is 1. The van der Waals surface area contributed by atoms with Crippen molar-refractivity contribution in [3.05, 3.63) is 16.1 Å². The molecule has 0 spiro atoms. The summed E-state index contributed by atoms with van der Waals surface area (Å²) in [6.07, 6.45) is -0.713. The third-order valence-corrected chi connectivity index (χ3v) is 4.25. The zero-order valence-corrected chi connectivity index (χ0v) is 15.2. The van der Waals surface area contributed by atoms with E-state index >= 15 is 0 Å². The first-order valence-electron chi connectivity index (χ1n) is 8.05. The average Bonchev–Trinajstić information content (AvgIpc) is 2.95. The minimum Gasteiger partial charge on any atom is -0.357 e. The van der Waals surface area contributed by atoms with Crippen LogP contribution in [0.3, 0.4) is 0 Å². The number of hydrogen-bond donors (Lipinski definition) is 2. The second kappa shape index (κ2) is 10.5. The standard InChI is InChI=1S/C15H26F3N5S/c1-4-12-9-21-13(24-12)10-22-14(19-5-2)20-7-6-8-23(3)11-15(16,17)18/h9H,4-8,10-11H2,1-3H3,(H2,19,20,22). The maximum Gasteiger partial charge on any atom is 0.401 e. The van der Waals surface area contributed by atoms with Crippen LogP contribution in [0.25, 0.3) is 0 Å². The molecule has 0 saturated carbocycles. The van der Waals surface area contributed by atoms with Gasteiger partial charge in [-0.25, -0.2) is 9.98 Å². The summed E-state index contributed by atoms with van der Waals surface area (Å²) >= 11 is 1.64. The lowest BCUT2D eigenvalue weighted by Crippen LogP contribution is -2.39. The maximum atomic E-state index is 12.2. The van der Waals surface area contributed by atoms with Crippen LogP contribution in [-0.4, -0.2) is 55.2 Å². The molecule has 0 radical (unpaired) electrons. The van der Waals surface area contributed by atoms with E-state index in [4.69, 9.17) is 0 Å². The number of aliphatic imine (C=N–C) groups is 1. The molecule has 0 aromatic carbocycles. The Morgan fingerprint density at radius 2 is 2.08 bits per heavy atom. The zero-order valence-electron chi connectivity index (χ0n) is 14.4. The van der Waals surface area contributed by atoms with Gasteiger partial charge in [-0.15, -0.1) is 11.3 Å². The quantitative estimate of drug-likeness (QED) is 0.401. The second-order valence-electron chi connectivity index (χ2n) is 5.40. The van der Waals surface area contributed by atoms with E-state index in [1.54, 1.807) is 11.3 Å². The Morgan fingerprint density at radius 3 is 2.67 bits per heavy atom. The van der Waals surface area contributed by atoms with E-state index < -0.39 is 12.7 Å². The molecule has 1 aromatic rings. The highest BCUT2D eigenvalue weighted by Crippen LogP contribution is 2.15. The Kier molecular flexibility index (Phi) is 9.05. The summed E-state index contributed by atoms with van der Waals surface area (Å²) in [5.41, 5.74) is 0. The first kappa shape index (κ1) is 20.7. The van der Waals surface area contributed by atoms with Gasteiger partial charge in [0.1, 0.15) is 5.01 Å². The van der Waals surface area contributed by atoms with Crippen molar-refractivity contribution >= 4 is 17.3 Å². The van der Waals surface area contributed by atoms with Crippen molar-refractivity contribution in [1.82, 2.24) is 20.5 Å². The SMILES string of the molecule is CCNC(=NCc1ncc(CC)s1)NCCCN(C)CC(F)(F)F. The van der Waals surface area contributed by atoms with E-state index in [0.717, 1.165) is 18.0 Å². The van der Waals surface area contributed by atoms with Gasteiger partial charge in [-0.05, 0) is 33.4 Å². The number of aromatic nitrogens is 1. The van der Waals surface area contributed by atoms with E-state index in [1.165, 1.54) is 16.8 Å². The van der Waals surface area contributed by atoms with Crippen molar-refractivity contribution in [2.75, 3.05) is 33.2 Å². The Balaban J connectivity index is 2.35. The number of halogens is 3. The lowest BCUT2D eigenvalue weighted by atomic mass is 10.4. The Hall–Kier alpha value is -1.35. The molecule has 0 fully saturated rings. The predicted molar refractivity (Wildman–Crippen MR) is 92.5 cm³/mol. The Labute approximate surface area is 145 Å². The van der Waals surface area contributed by atoms with Gasteiger partial charge in [0.25, 0.3) is 0 Å². The Bertz CT molecular complexity index is 502. The lowest BCUT2D eigenvalue weighted by Gasteiger charge is -2.18. The number of guanidine groups is 1. The predicted octanol–water partition coefficient (Wildman–Crippen LogP) is 2.64. The van der Waals surface area contributed by atoms with Crippen LogP contribution in [0, 0.1) is 0 Å². The largest absolute Gasteiger partial charge is 0.401 e. The fourth-order valence-electron chi connectivity index (χ4n) is 2.01. The van der Waals surface area contributed by atoms with Crippen molar-refractivity contribution in [2.45, 2.75) is 39.4 Å². The molecule has 0 saturated heterocycles. The molecule has 0 atom stereocenters. The van der Waals surface area contributed by atoms with E-state index in [2.05, 4.69) is 27.5 Å². The van der Waals surface area contributed by atoms with Gasteiger partial charge < -0.3 is 10.6 Å². The van der Waals surface area contributed by atoms with Gasteiger partial charge in [0.05, 0.1) is 13.1 Å². The van der Waals surface area contributed by atoms with Gasteiger partial charge in [0.15, 0.2) is 5.96 Å². The molecule has 1 heterocycles. The topological polar surface area (TPSA) is 52.6 Å². The highest BCUT2D eigenvalue weighted by atomic mass is 32.1. The number of hydrogen-bond acceptors (Lipinski definition) is 4.